The molecule has 1 N–H and O–H groups in total. The molecule has 0 saturated heterocycles. The van der Waals surface area contributed by atoms with Crippen LogP contribution in [-0.4, -0.2) is 24.2 Å². The number of para-hydroxylation sites is 1. The summed E-state index contributed by atoms with van der Waals surface area (Å²) in [4.78, 5) is 12.9. The molecular weight excluding hydrogens is 266 g/mol. The van der Waals surface area contributed by atoms with Crippen LogP contribution in [0.15, 0.2) is 54.6 Å². The topological polar surface area (TPSA) is 49.8 Å². The Hall–Kier alpha value is -2.49. The van der Waals surface area contributed by atoms with Crippen LogP contribution in [-0.2, 0) is 11.3 Å². The summed E-state index contributed by atoms with van der Waals surface area (Å²) in [7, 11) is 0. The molecule has 0 aliphatic heterocycles. The number of nitrogens with zero attached hydrogens (tertiary/aromatic N) is 1. The van der Waals surface area contributed by atoms with Gasteiger partial charge in [0.25, 0.3) is 0 Å². The molecule has 0 aliphatic carbocycles. The van der Waals surface area contributed by atoms with Gasteiger partial charge in [0.15, 0.2) is 0 Å². The number of hydrogen-bond donors (Lipinski definition) is 1. The van der Waals surface area contributed by atoms with Gasteiger partial charge in [0.05, 0.1) is 6.61 Å². The third kappa shape index (κ3) is 4.53. The summed E-state index contributed by atoms with van der Waals surface area (Å²) in [5, 5.41) is 9.08. The molecule has 2 aromatic rings. The highest BCUT2D eigenvalue weighted by Gasteiger charge is 2.11. The van der Waals surface area contributed by atoms with E-state index in [-0.39, 0.29) is 6.54 Å². The molecule has 0 amide bonds. The number of hydrogen-bond acceptors (Lipinski definition) is 3. The van der Waals surface area contributed by atoms with Gasteiger partial charge in [-0.25, -0.2) is 0 Å². The first kappa shape index (κ1) is 14.9. The van der Waals surface area contributed by atoms with Gasteiger partial charge in [0, 0.05) is 12.2 Å². The minimum absolute atomic E-state index is 0.0305. The first-order chi connectivity index (χ1) is 10.2. The van der Waals surface area contributed by atoms with Crippen LogP contribution in [0, 0.1) is 0 Å². The van der Waals surface area contributed by atoms with Crippen molar-refractivity contribution < 1.29 is 14.6 Å². The van der Waals surface area contributed by atoms with Crippen molar-refractivity contribution in [1.82, 2.24) is 0 Å². The molecule has 110 valence electrons. The van der Waals surface area contributed by atoms with Gasteiger partial charge in [-0.2, -0.15) is 0 Å². The van der Waals surface area contributed by atoms with Crippen LogP contribution in [0.5, 0.6) is 5.75 Å². The number of benzene rings is 2. The third-order valence-corrected chi connectivity index (χ3v) is 3.06. The summed E-state index contributed by atoms with van der Waals surface area (Å²) in [5.41, 5.74) is 1.94. The summed E-state index contributed by atoms with van der Waals surface area (Å²) in [6.07, 6.45) is 0. The molecular formula is C17H19NO3. The van der Waals surface area contributed by atoms with Gasteiger partial charge in [-0.15, -0.1) is 0 Å². The molecule has 0 fully saturated rings. The first-order valence-corrected chi connectivity index (χ1v) is 6.92. The van der Waals surface area contributed by atoms with Crippen LogP contribution in [0.4, 0.5) is 5.69 Å². The van der Waals surface area contributed by atoms with E-state index in [4.69, 9.17) is 9.84 Å². The number of rotatable bonds is 7. The van der Waals surface area contributed by atoms with Crippen LogP contribution in [0.1, 0.15) is 12.5 Å². The quantitative estimate of drug-likeness (QED) is 0.849. The maximum atomic E-state index is 11.1. The summed E-state index contributed by atoms with van der Waals surface area (Å²) < 4.78 is 5.41. The smallest absolute Gasteiger partial charge is 0.323 e. The minimum Gasteiger partial charge on any atom is -0.494 e. The number of anilines is 1. The second-order valence-corrected chi connectivity index (χ2v) is 4.66. The Kier molecular flexibility index (Phi) is 5.21. The maximum absolute atomic E-state index is 11.1. The van der Waals surface area contributed by atoms with Gasteiger partial charge in [-0.3, -0.25) is 4.79 Å². The van der Waals surface area contributed by atoms with Gasteiger partial charge in [-0.05, 0) is 36.8 Å². The van der Waals surface area contributed by atoms with Crippen LogP contribution >= 0.6 is 0 Å². The fourth-order valence-electron chi connectivity index (χ4n) is 2.12. The average molecular weight is 285 g/mol. The molecule has 0 bridgehead atoms. The summed E-state index contributed by atoms with van der Waals surface area (Å²) in [6.45, 7) is 3.09. The summed E-state index contributed by atoms with van der Waals surface area (Å²) in [5.74, 6) is -0.0180. The maximum Gasteiger partial charge on any atom is 0.323 e. The van der Waals surface area contributed by atoms with E-state index in [1.165, 1.54) is 0 Å². The van der Waals surface area contributed by atoms with Crippen molar-refractivity contribution in [2.45, 2.75) is 13.5 Å². The van der Waals surface area contributed by atoms with Crippen molar-refractivity contribution >= 4 is 11.7 Å². The highest BCUT2D eigenvalue weighted by atomic mass is 16.5. The SMILES string of the molecule is CCOc1ccc(CN(CC(=O)O)c2ccccc2)cc1. The molecule has 0 atom stereocenters. The fraction of sp³-hybridized carbons (Fsp3) is 0.235. The molecule has 0 heterocycles. The number of ether oxygens (including phenoxy) is 1. The number of aliphatic carboxylic acids is 1. The highest BCUT2D eigenvalue weighted by Crippen LogP contribution is 2.18. The van der Waals surface area contributed by atoms with Crippen molar-refractivity contribution in [2.75, 3.05) is 18.1 Å². The Bertz CT molecular complexity index is 566. The lowest BCUT2D eigenvalue weighted by Crippen LogP contribution is -2.29. The Morgan fingerprint density at radius 2 is 1.76 bits per heavy atom. The molecule has 2 aromatic carbocycles. The monoisotopic (exact) mass is 285 g/mol. The van der Waals surface area contributed by atoms with Gasteiger partial charge in [0.2, 0.25) is 0 Å². The molecule has 21 heavy (non-hydrogen) atoms. The number of carboxylic acid groups (broad SMARTS) is 1. The summed E-state index contributed by atoms with van der Waals surface area (Å²) in [6, 6.07) is 17.3. The van der Waals surface area contributed by atoms with Crippen molar-refractivity contribution in [3.05, 3.63) is 60.2 Å². The van der Waals surface area contributed by atoms with E-state index < -0.39 is 5.97 Å². The summed E-state index contributed by atoms with van der Waals surface area (Å²) >= 11 is 0. The highest BCUT2D eigenvalue weighted by molar-refractivity contribution is 5.73. The third-order valence-electron chi connectivity index (χ3n) is 3.06. The zero-order chi connectivity index (χ0) is 15.1. The van der Waals surface area contributed by atoms with Crippen LogP contribution in [0.25, 0.3) is 0 Å². The van der Waals surface area contributed by atoms with E-state index >= 15 is 0 Å². The lowest BCUT2D eigenvalue weighted by atomic mass is 10.2. The second-order valence-electron chi connectivity index (χ2n) is 4.66. The van der Waals surface area contributed by atoms with E-state index in [0.29, 0.717) is 13.2 Å². The lowest BCUT2D eigenvalue weighted by molar-refractivity contribution is -0.135. The van der Waals surface area contributed by atoms with E-state index in [9.17, 15) is 4.79 Å². The van der Waals surface area contributed by atoms with Crippen LogP contribution in [0.2, 0.25) is 0 Å². The molecule has 0 saturated carbocycles. The number of carbonyl (C=O) groups is 1. The Balaban J connectivity index is 2.13. The Morgan fingerprint density at radius 1 is 1.10 bits per heavy atom. The molecule has 0 radical (unpaired) electrons. The van der Waals surface area contributed by atoms with Crippen molar-refractivity contribution in [2.24, 2.45) is 0 Å². The van der Waals surface area contributed by atoms with Gasteiger partial charge >= 0.3 is 5.97 Å². The minimum atomic E-state index is -0.843. The molecule has 0 aliphatic rings. The fourth-order valence-corrected chi connectivity index (χ4v) is 2.12. The molecule has 4 nitrogen and oxygen atoms in total. The number of carboxylic acids is 1. The van der Waals surface area contributed by atoms with E-state index in [1.807, 2.05) is 66.4 Å². The zero-order valence-corrected chi connectivity index (χ0v) is 12.0. The Labute approximate surface area is 124 Å². The van der Waals surface area contributed by atoms with E-state index in [0.717, 1.165) is 17.0 Å². The predicted octanol–water partition coefficient (Wildman–Crippen LogP) is 3.18. The molecule has 0 spiro atoms. The first-order valence-electron chi connectivity index (χ1n) is 6.92. The largest absolute Gasteiger partial charge is 0.494 e. The van der Waals surface area contributed by atoms with Gasteiger partial charge in [-0.1, -0.05) is 30.3 Å². The Morgan fingerprint density at radius 3 is 2.33 bits per heavy atom. The lowest BCUT2D eigenvalue weighted by Gasteiger charge is -2.23. The predicted molar refractivity (Wildman–Crippen MR) is 82.7 cm³/mol. The van der Waals surface area contributed by atoms with E-state index in [2.05, 4.69) is 0 Å². The normalized spacial score (nSPS) is 10.1. The van der Waals surface area contributed by atoms with Crippen molar-refractivity contribution in [3.8, 4) is 5.75 Å². The van der Waals surface area contributed by atoms with E-state index in [1.54, 1.807) is 0 Å². The molecule has 4 heteroatoms. The van der Waals surface area contributed by atoms with Gasteiger partial charge in [0.1, 0.15) is 12.3 Å². The van der Waals surface area contributed by atoms with Crippen molar-refractivity contribution in [1.29, 1.82) is 0 Å². The molecule has 0 unspecified atom stereocenters. The molecule has 2 rings (SSSR count). The standard InChI is InChI=1S/C17H19NO3/c1-2-21-16-10-8-14(9-11-16)12-18(13-17(19)20)15-6-4-3-5-7-15/h3-11H,2,12-13H2,1H3,(H,19,20). The van der Waals surface area contributed by atoms with Crippen LogP contribution < -0.4 is 9.64 Å². The van der Waals surface area contributed by atoms with Crippen molar-refractivity contribution in [3.63, 3.8) is 0 Å². The van der Waals surface area contributed by atoms with Crippen LogP contribution in [0.3, 0.4) is 0 Å². The second kappa shape index (κ2) is 7.33. The van der Waals surface area contributed by atoms with Gasteiger partial charge < -0.3 is 14.7 Å². The average Bonchev–Trinajstić information content (AvgIpc) is 2.49. The molecule has 0 aromatic heterocycles. The zero-order valence-electron chi connectivity index (χ0n) is 12.0.